The molecule has 0 atom stereocenters. The van der Waals surface area contributed by atoms with Crippen molar-refractivity contribution in [3.63, 3.8) is 0 Å². The van der Waals surface area contributed by atoms with Gasteiger partial charge < -0.3 is 10.6 Å². The van der Waals surface area contributed by atoms with Gasteiger partial charge in [-0.2, -0.15) is 10.2 Å². The Morgan fingerprint density at radius 2 is 1.92 bits per heavy atom. The molecule has 3 aromatic heterocycles. The van der Waals surface area contributed by atoms with E-state index in [0.29, 0.717) is 12.1 Å². The molecule has 0 aliphatic rings. The summed E-state index contributed by atoms with van der Waals surface area (Å²) in [6.45, 7) is 4.38. The number of aromatic amines is 1. The Labute approximate surface area is 209 Å². The van der Waals surface area contributed by atoms with Gasteiger partial charge in [0.15, 0.2) is 0 Å². The maximum atomic E-state index is 13.0. The Bertz CT molecular complexity index is 1580. The molecular formula is C28H27N7O. The van der Waals surface area contributed by atoms with Crippen LogP contribution in [0.4, 0.5) is 11.4 Å². The summed E-state index contributed by atoms with van der Waals surface area (Å²) in [5.41, 5.74) is 7.78. The van der Waals surface area contributed by atoms with Gasteiger partial charge in [-0.05, 0) is 80.1 Å². The highest BCUT2D eigenvalue weighted by molar-refractivity contribution is 6.00. The second-order valence-electron chi connectivity index (χ2n) is 8.71. The highest BCUT2D eigenvalue weighted by Gasteiger charge is 2.13. The number of H-pyrrole nitrogens is 1. The van der Waals surface area contributed by atoms with Crippen LogP contribution in [0.2, 0.25) is 0 Å². The van der Waals surface area contributed by atoms with Crippen LogP contribution in [0, 0.1) is 13.8 Å². The lowest BCUT2D eigenvalue weighted by Crippen LogP contribution is -2.24. The minimum absolute atomic E-state index is 0.156. The molecule has 2 aromatic carbocycles. The number of pyridine rings is 1. The van der Waals surface area contributed by atoms with Gasteiger partial charge in [0.25, 0.3) is 5.91 Å². The molecule has 180 valence electrons. The number of nitrogens with zero attached hydrogens (tertiary/aromatic N) is 4. The van der Waals surface area contributed by atoms with Crippen molar-refractivity contribution in [2.75, 3.05) is 5.32 Å². The second kappa shape index (κ2) is 9.87. The number of aromatic nitrogens is 5. The van der Waals surface area contributed by atoms with Crippen molar-refractivity contribution in [2.24, 2.45) is 7.05 Å². The maximum Gasteiger partial charge on any atom is 0.253 e. The third-order valence-electron chi connectivity index (χ3n) is 5.92. The summed E-state index contributed by atoms with van der Waals surface area (Å²) in [7, 11) is 1.87. The molecule has 36 heavy (non-hydrogen) atoms. The van der Waals surface area contributed by atoms with Gasteiger partial charge in [0.05, 0.1) is 46.1 Å². The number of carbonyl (C=O) groups excluding carboxylic acids is 1. The number of benzene rings is 2. The zero-order chi connectivity index (χ0) is 25.1. The van der Waals surface area contributed by atoms with Crippen LogP contribution in [0.15, 0.2) is 66.9 Å². The first-order chi connectivity index (χ1) is 17.5. The molecule has 1 amide bonds. The van der Waals surface area contributed by atoms with Gasteiger partial charge in [-0.15, -0.1) is 0 Å². The minimum atomic E-state index is -0.156. The summed E-state index contributed by atoms with van der Waals surface area (Å²) < 4.78 is 1.78. The third kappa shape index (κ3) is 5.02. The van der Waals surface area contributed by atoms with Gasteiger partial charge in [-0.3, -0.25) is 19.6 Å². The standard InChI is InChI=1S/C28H27N7O/c1-18-12-13-29-20(14-18)9-11-26-23-10-8-21(16-27(23)33-32-26)31-25-7-5-4-6-24(25)28(36)30-17-22-15-19(2)34-35(22)3/h4-16,31H,17H2,1-3H3,(H,30,36)(H,32,33). The lowest BCUT2D eigenvalue weighted by Gasteiger charge is -2.12. The lowest BCUT2D eigenvalue weighted by atomic mass is 10.1. The smallest absolute Gasteiger partial charge is 0.253 e. The number of nitrogens with one attached hydrogen (secondary N) is 3. The van der Waals surface area contributed by atoms with Gasteiger partial charge in [0, 0.05) is 24.3 Å². The number of hydrogen-bond acceptors (Lipinski definition) is 5. The average molecular weight is 478 g/mol. The Kier molecular flexibility index (Phi) is 6.32. The van der Waals surface area contributed by atoms with E-state index < -0.39 is 0 Å². The van der Waals surface area contributed by atoms with E-state index in [1.165, 1.54) is 0 Å². The summed E-state index contributed by atoms with van der Waals surface area (Å²) in [6, 6.07) is 19.4. The number of fused-ring (bicyclic) bond motifs is 1. The second-order valence-corrected chi connectivity index (χ2v) is 8.71. The fourth-order valence-electron chi connectivity index (χ4n) is 4.10. The molecule has 0 spiro atoms. The summed E-state index contributed by atoms with van der Waals surface area (Å²) >= 11 is 0. The van der Waals surface area contributed by atoms with Crippen LogP contribution in [0.5, 0.6) is 0 Å². The highest BCUT2D eigenvalue weighted by atomic mass is 16.1. The zero-order valence-electron chi connectivity index (χ0n) is 20.4. The number of para-hydroxylation sites is 1. The van der Waals surface area contributed by atoms with E-state index in [2.05, 4.69) is 30.9 Å². The predicted octanol–water partition coefficient (Wildman–Crippen LogP) is 5.15. The fraction of sp³-hybridized carbons (Fsp3) is 0.143. The van der Waals surface area contributed by atoms with E-state index in [0.717, 1.165) is 50.6 Å². The molecule has 0 aliphatic heterocycles. The Morgan fingerprint density at radius 3 is 2.72 bits per heavy atom. The topological polar surface area (TPSA) is 101 Å². The minimum Gasteiger partial charge on any atom is -0.355 e. The summed E-state index contributed by atoms with van der Waals surface area (Å²) in [5.74, 6) is -0.156. The predicted molar refractivity (Wildman–Crippen MR) is 143 cm³/mol. The van der Waals surface area contributed by atoms with Crippen LogP contribution in [0.3, 0.4) is 0 Å². The number of rotatable bonds is 7. The van der Waals surface area contributed by atoms with Crippen molar-refractivity contribution in [2.45, 2.75) is 20.4 Å². The number of aryl methyl sites for hydroxylation is 3. The first-order valence-corrected chi connectivity index (χ1v) is 11.7. The molecule has 0 fully saturated rings. The monoisotopic (exact) mass is 477 g/mol. The fourth-order valence-corrected chi connectivity index (χ4v) is 4.10. The van der Waals surface area contributed by atoms with Crippen LogP contribution in [-0.4, -0.2) is 30.9 Å². The largest absolute Gasteiger partial charge is 0.355 e. The zero-order valence-corrected chi connectivity index (χ0v) is 20.4. The van der Waals surface area contributed by atoms with Gasteiger partial charge in [-0.1, -0.05) is 12.1 Å². The molecule has 0 unspecified atom stereocenters. The Balaban J connectivity index is 1.32. The first-order valence-electron chi connectivity index (χ1n) is 11.7. The third-order valence-corrected chi connectivity index (χ3v) is 5.92. The molecule has 0 saturated heterocycles. The average Bonchev–Trinajstić information content (AvgIpc) is 3.42. The summed E-state index contributed by atoms with van der Waals surface area (Å²) in [5, 5.41) is 19.2. The van der Waals surface area contributed by atoms with Gasteiger partial charge in [0.1, 0.15) is 0 Å². The van der Waals surface area contributed by atoms with E-state index in [4.69, 9.17) is 0 Å². The van der Waals surface area contributed by atoms with E-state index in [1.807, 2.05) is 93.7 Å². The molecule has 0 radical (unpaired) electrons. The molecule has 5 rings (SSSR count). The van der Waals surface area contributed by atoms with Crippen LogP contribution in [-0.2, 0) is 13.6 Å². The van der Waals surface area contributed by atoms with E-state index in [1.54, 1.807) is 10.9 Å². The maximum absolute atomic E-state index is 13.0. The van der Waals surface area contributed by atoms with Gasteiger partial charge in [0.2, 0.25) is 0 Å². The lowest BCUT2D eigenvalue weighted by molar-refractivity contribution is 0.0951. The van der Waals surface area contributed by atoms with Crippen LogP contribution < -0.4 is 10.6 Å². The Morgan fingerprint density at radius 1 is 1.06 bits per heavy atom. The molecular weight excluding hydrogens is 450 g/mol. The van der Waals surface area contributed by atoms with Crippen molar-refractivity contribution in [3.05, 3.63) is 101 Å². The normalized spacial score (nSPS) is 11.3. The van der Waals surface area contributed by atoms with E-state index >= 15 is 0 Å². The van der Waals surface area contributed by atoms with E-state index in [-0.39, 0.29) is 5.91 Å². The van der Waals surface area contributed by atoms with Crippen molar-refractivity contribution in [1.29, 1.82) is 0 Å². The molecule has 3 N–H and O–H groups in total. The van der Waals surface area contributed by atoms with E-state index in [9.17, 15) is 4.79 Å². The van der Waals surface area contributed by atoms with Crippen LogP contribution in [0.25, 0.3) is 23.1 Å². The van der Waals surface area contributed by atoms with Gasteiger partial charge >= 0.3 is 0 Å². The van der Waals surface area contributed by atoms with Crippen molar-refractivity contribution < 1.29 is 4.79 Å². The number of hydrogen-bond donors (Lipinski definition) is 3. The number of anilines is 2. The van der Waals surface area contributed by atoms with Crippen molar-refractivity contribution in [1.82, 2.24) is 30.3 Å². The summed E-state index contributed by atoms with van der Waals surface area (Å²) in [4.78, 5) is 17.3. The molecule has 0 bridgehead atoms. The molecule has 3 heterocycles. The van der Waals surface area contributed by atoms with Crippen LogP contribution in [0.1, 0.15) is 38.7 Å². The summed E-state index contributed by atoms with van der Waals surface area (Å²) in [6.07, 6.45) is 5.71. The first kappa shape index (κ1) is 23.0. The molecule has 8 nitrogen and oxygen atoms in total. The van der Waals surface area contributed by atoms with Crippen molar-refractivity contribution >= 4 is 40.3 Å². The number of carbonyl (C=O) groups is 1. The molecule has 8 heteroatoms. The highest BCUT2D eigenvalue weighted by Crippen LogP contribution is 2.26. The molecule has 0 saturated carbocycles. The number of amides is 1. The van der Waals surface area contributed by atoms with Crippen LogP contribution >= 0.6 is 0 Å². The molecule has 5 aromatic rings. The van der Waals surface area contributed by atoms with Gasteiger partial charge in [-0.25, -0.2) is 0 Å². The SMILES string of the molecule is Cc1ccnc(C=Cc2n[nH]c3cc(Nc4ccccc4C(=O)NCc4cc(C)nn4C)ccc23)c1. The quantitative estimate of drug-likeness (QED) is 0.301. The van der Waals surface area contributed by atoms with Crippen molar-refractivity contribution in [3.8, 4) is 0 Å². The molecule has 0 aliphatic carbocycles. The Hall–Kier alpha value is -4.72.